The fourth-order valence-electron chi connectivity index (χ4n) is 3.22. The number of halogens is 3. The highest BCUT2D eigenvalue weighted by Crippen LogP contribution is 2.31. The van der Waals surface area contributed by atoms with E-state index < -0.39 is 12.7 Å². The van der Waals surface area contributed by atoms with Gasteiger partial charge in [0.2, 0.25) is 0 Å². The van der Waals surface area contributed by atoms with Crippen LogP contribution in [0.1, 0.15) is 46.0 Å². The highest BCUT2D eigenvalue weighted by atomic mass is 19.4. The van der Waals surface area contributed by atoms with Crippen molar-refractivity contribution in [3.05, 3.63) is 0 Å². The van der Waals surface area contributed by atoms with Crippen LogP contribution in [0.5, 0.6) is 0 Å². The van der Waals surface area contributed by atoms with E-state index >= 15 is 0 Å². The Hall–Kier alpha value is -0.290. The average molecular weight is 280 g/mol. The van der Waals surface area contributed by atoms with Gasteiger partial charge >= 0.3 is 6.18 Å². The standard InChI is InChI=1S/C14H27F3N2/c1-4-8-19(10-14(15,16)17)13-9-11(5-2)6-7-12(13)18-3/h11-13,18H,4-10H2,1-3H3. The van der Waals surface area contributed by atoms with Crippen LogP contribution in [0.3, 0.4) is 0 Å². The minimum atomic E-state index is -4.10. The molecule has 2 nitrogen and oxygen atoms in total. The summed E-state index contributed by atoms with van der Waals surface area (Å²) in [6, 6.07) is 0.210. The van der Waals surface area contributed by atoms with Gasteiger partial charge in [-0.25, -0.2) is 0 Å². The van der Waals surface area contributed by atoms with Crippen molar-refractivity contribution in [3.63, 3.8) is 0 Å². The molecule has 0 saturated heterocycles. The van der Waals surface area contributed by atoms with Crippen molar-refractivity contribution in [3.8, 4) is 0 Å². The van der Waals surface area contributed by atoms with Crippen LogP contribution in [-0.4, -0.2) is 43.3 Å². The quantitative estimate of drug-likeness (QED) is 0.802. The Bertz CT molecular complexity index is 256. The van der Waals surface area contributed by atoms with Crippen LogP contribution in [0.4, 0.5) is 13.2 Å². The third-order valence-electron chi connectivity index (χ3n) is 4.24. The molecule has 0 aromatic rings. The third-order valence-corrected chi connectivity index (χ3v) is 4.24. The second-order valence-electron chi connectivity index (χ2n) is 5.64. The van der Waals surface area contributed by atoms with Crippen molar-refractivity contribution in [1.29, 1.82) is 0 Å². The number of nitrogens with one attached hydrogen (secondary N) is 1. The summed E-state index contributed by atoms with van der Waals surface area (Å²) in [5.74, 6) is 0.571. The summed E-state index contributed by atoms with van der Waals surface area (Å²) < 4.78 is 38.2. The largest absolute Gasteiger partial charge is 0.401 e. The Labute approximate surface area is 114 Å². The number of alkyl halides is 3. The second kappa shape index (κ2) is 7.48. The van der Waals surface area contributed by atoms with Crippen LogP contribution in [-0.2, 0) is 0 Å². The first-order valence-electron chi connectivity index (χ1n) is 7.39. The van der Waals surface area contributed by atoms with E-state index in [-0.39, 0.29) is 12.1 Å². The van der Waals surface area contributed by atoms with E-state index in [1.165, 1.54) is 0 Å². The number of likely N-dealkylation sites (N-methyl/N-ethyl adjacent to an activating group) is 1. The minimum Gasteiger partial charge on any atom is -0.315 e. The Morgan fingerprint density at radius 2 is 1.89 bits per heavy atom. The second-order valence-corrected chi connectivity index (χ2v) is 5.64. The van der Waals surface area contributed by atoms with E-state index in [0.29, 0.717) is 12.5 Å². The maximum Gasteiger partial charge on any atom is 0.401 e. The molecule has 0 bridgehead atoms. The van der Waals surface area contributed by atoms with Gasteiger partial charge in [0.1, 0.15) is 0 Å². The molecule has 1 rings (SSSR count). The summed E-state index contributed by atoms with van der Waals surface area (Å²) in [7, 11) is 1.86. The molecule has 0 radical (unpaired) electrons. The molecule has 0 heterocycles. The summed E-state index contributed by atoms with van der Waals surface area (Å²) >= 11 is 0. The normalized spacial score (nSPS) is 28.9. The molecule has 0 amide bonds. The third kappa shape index (κ3) is 5.30. The van der Waals surface area contributed by atoms with Gasteiger partial charge in [-0.2, -0.15) is 13.2 Å². The van der Waals surface area contributed by atoms with Crippen molar-refractivity contribution in [2.24, 2.45) is 5.92 Å². The van der Waals surface area contributed by atoms with Crippen LogP contribution in [0.2, 0.25) is 0 Å². The van der Waals surface area contributed by atoms with E-state index in [0.717, 1.165) is 32.1 Å². The van der Waals surface area contributed by atoms with Gasteiger partial charge in [0.25, 0.3) is 0 Å². The van der Waals surface area contributed by atoms with Crippen LogP contribution in [0, 0.1) is 5.92 Å². The lowest BCUT2D eigenvalue weighted by Gasteiger charge is -2.43. The number of rotatable bonds is 6. The summed E-state index contributed by atoms with van der Waals surface area (Å²) in [5.41, 5.74) is 0. The van der Waals surface area contributed by atoms with E-state index in [1.807, 2.05) is 14.0 Å². The van der Waals surface area contributed by atoms with Crippen molar-refractivity contribution >= 4 is 0 Å². The van der Waals surface area contributed by atoms with Crippen molar-refractivity contribution < 1.29 is 13.2 Å². The van der Waals surface area contributed by atoms with E-state index in [4.69, 9.17) is 0 Å². The topological polar surface area (TPSA) is 15.3 Å². The van der Waals surface area contributed by atoms with Crippen LogP contribution >= 0.6 is 0 Å². The predicted molar refractivity (Wildman–Crippen MR) is 72.2 cm³/mol. The van der Waals surface area contributed by atoms with Gasteiger partial charge < -0.3 is 5.32 Å². The molecule has 1 aliphatic carbocycles. The summed E-state index contributed by atoms with van der Waals surface area (Å²) in [6.45, 7) is 3.83. The van der Waals surface area contributed by atoms with Gasteiger partial charge in [0.05, 0.1) is 6.54 Å². The van der Waals surface area contributed by atoms with Gasteiger partial charge in [0, 0.05) is 12.1 Å². The molecule has 1 fully saturated rings. The van der Waals surface area contributed by atoms with Crippen LogP contribution < -0.4 is 5.32 Å². The molecule has 5 heteroatoms. The van der Waals surface area contributed by atoms with Gasteiger partial charge in [-0.05, 0) is 45.2 Å². The Kier molecular flexibility index (Phi) is 6.60. The number of hydrogen-bond acceptors (Lipinski definition) is 2. The average Bonchev–Trinajstić information content (AvgIpc) is 2.36. The van der Waals surface area contributed by atoms with Gasteiger partial charge in [-0.3, -0.25) is 4.90 Å². The molecule has 1 aliphatic rings. The summed E-state index contributed by atoms with van der Waals surface area (Å²) in [4.78, 5) is 1.64. The minimum absolute atomic E-state index is 0.0188. The van der Waals surface area contributed by atoms with Crippen molar-refractivity contribution in [2.75, 3.05) is 20.1 Å². The lowest BCUT2D eigenvalue weighted by Crippen LogP contribution is -2.54. The highest BCUT2D eigenvalue weighted by molar-refractivity contribution is 4.91. The first-order chi connectivity index (χ1) is 8.91. The first-order valence-corrected chi connectivity index (χ1v) is 7.39. The zero-order valence-electron chi connectivity index (χ0n) is 12.3. The monoisotopic (exact) mass is 280 g/mol. The van der Waals surface area contributed by atoms with Crippen LogP contribution in [0.15, 0.2) is 0 Å². The molecule has 0 aromatic carbocycles. The maximum absolute atomic E-state index is 12.7. The van der Waals surface area contributed by atoms with Crippen LogP contribution in [0.25, 0.3) is 0 Å². The molecular weight excluding hydrogens is 253 g/mol. The molecule has 114 valence electrons. The molecule has 0 aliphatic heterocycles. The van der Waals surface area contributed by atoms with Gasteiger partial charge in [-0.15, -0.1) is 0 Å². The fraction of sp³-hybridized carbons (Fsp3) is 1.00. The highest BCUT2D eigenvalue weighted by Gasteiger charge is 2.38. The molecular formula is C14H27F3N2. The van der Waals surface area contributed by atoms with Crippen molar-refractivity contribution in [2.45, 2.75) is 64.2 Å². The SMILES string of the molecule is CCCN(CC(F)(F)F)C1CC(CC)CCC1NC. The summed E-state index contributed by atoms with van der Waals surface area (Å²) in [5, 5.41) is 3.21. The Morgan fingerprint density at radius 1 is 1.21 bits per heavy atom. The zero-order chi connectivity index (χ0) is 14.5. The van der Waals surface area contributed by atoms with E-state index in [1.54, 1.807) is 4.90 Å². The smallest absolute Gasteiger partial charge is 0.315 e. The first kappa shape index (κ1) is 16.8. The lowest BCUT2D eigenvalue weighted by molar-refractivity contribution is -0.154. The number of hydrogen-bond donors (Lipinski definition) is 1. The van der Waals surface area contributed by atoms with Gasteiger partial charge in [-0.1, -0.05) is 20.3 Å². The molecule has 3 unspecified atom stereocenters. The fourth-order valence-corrected chi connectivity index (χ4v) is 3.22. The van der Waals surface area contributed by atoms with E-state index in [9.17, 15) is 13.2 Å². The molecule has 19 heavy (non-hydrogen) atoms. The number of nitrogens with zero attached hydrogens (tertiary/aromatic N) is 1. The zero-order valence-corrected chi connectivity index (χ0v) is 12.3. The van der Waals surface area contributed by atoms with Crippen molar-refractivity contribution in [1.82, 2.24) is 10.2 Å². The molecule has 0 aromatic heterocycles. The molecule has 1 N–H and O–H groups in total. The molecule has 1 saturated carbocycles. The summed E-state index contributed by atoms with van der Waals surface area (Å²) in [6.07, 6.45) is 0.728. The predicted octanol–water partition coefficient (Wildman–Crippen LogP) is 3.43. The lowest BCUT2D eigenvalue weighted by atomic mass is 9.80. The van der Waals surface area contributed by atoms with E-state index in [2.05, 4.69) is 12.2 Å². The Morgan fingerprint density at radius 3 is 2.37 bits per heavy atom. The maximum atomic E-state index is 12.7. The Balaban J connectivity index is 2.76. The molecule has 0 spiro atoms. The van der Waals surface area contributed by atoms with Gasteiger partial charge in [0.15, 0.2) is 0 Å². The molecule has 3 atom stereocenters.